The Kier molecular flexibility index (Phi) is 19.4. The molecule has 1 aliphatic heterocycles. The van der Waals surface area contributed by atoms with Gasteiger partial charge in [0.25, 0.3) is 0 Å². The molecule has 0 unspecified atom stereocenters. The van der Waals surface area contributed by atoms with Crippen LogP contribution >= 0.6 is 72.0 Å². The third-order valence-electron chi connectivity index (χ3n) is 10.5. The van der Waals surface area contributed by atoms with Crippen molar-refractivity contribution in [2.75, 3.05) is 5.75 Å². The van der Waals surface area contributed by atoms with Crippen LogP contribution in [0.1, 0.15) is 32.6 Å². The summed E-state index contributed by atoms with van der Waals surface area (Å²) >= 11 is 8.33. The lowest BCUT2D eigenvalue weighted by atomic mass is 10.0. The fourth-order valence-corrected chi connectivity index (χ4v) is 11.8. The Morgan fingerprint density at radius 3 is 0.772 bits per heavy atom. The lowest BCUT2D eigenvalue weighted by molar-refractivity contribution is -0.397. The van der Waals surface area contributed by atoms with Gasteiger partial charge in [-0.1, -0.05) is 6.92 Å². The van der Waals surface area contributed by atoms with E-state index in [9.17, 15) is 158 Å². The summed E-state index contributed by atoms with van der Waals surface area (Å²) in [5.74, 6) is -87.5. The summed E-state index contributed by atoms with van der Waals surface area (Å²) in [6, 6.07) is 0. The molecule has 79 heavy (non-hydrogen) atoms. The number of halogens is 36. The highest BCUT2D eigenvalue weighted by Crippen LogP contribution is 2.60. The predicted octanol–water partition coefficient (Wildman–Crippen LogP) is 17.9. The van der Waals surface area contributed by atoms with Gasteiger partial charge in [-0.3, -0.25) is 0 Å². The van der Waals surface area contributed by atoms with Crippen molar-refractivity contribution in [2.24, 2.45) is 0 Å². The molecule has 2 aromatic rings. The molecule has 462 valence electrons. The number of hydrogen-bond acceptors (Lipinski definition) is 7. The molecule has 47 heteroatoms. The molecule has 0 aromatic carbocycles. The Bertz CT molecular complexity index is 2530. The average Bonchev–Trinajstić information content (AvgIpc) is 3.84. The largest absolute Gasteiger partial charge is 0.460 e. The summed E-state index contributed by atoms with van der Waals surface area (Å²) < 4.78 is 492. The fourth-order valence-electron chi connectivity index (χ4n) is 5.97. The molecule has 0 saturated heterocycles. The van der Waals surface area contributed by atoms with E-state index in [1.807, 2.05) is 0 Å². The van der Waals surface area contributed by atoms with Crippen LogP contribution in [0.2, 0.25) is 0 Å². The van der Waals surface area contributed by atoms with Crippen molar-refractivity contribution >= 4 is 72.0 Å². The molecule has 0 saturated carbocycles. The van der Waals surface area contributed by atoms with Crippen molar-refractivity contribution in [2.45, 2.75) is 175 Å². The maximum atomic E-state index is 14.9. The van der Waals surface area contributed by atoms with E-state index in [0.717, 1.165) is 6.92 Å². The van der Waals surface area contributed by atoms with E-state index in [4.69, 9.17) is 24.4 Å². The van der Waals surface area contributed by atoms with Gasteiger partial charge in [0.2, 0.25) is 0 Å². The van der Waals surface area contributed by atoms with Gasteiger partial charge in [-0.25, -0.2) is 0 Å². The van der Waals surface area contributed by atoms with Crippen LogP contribution in [0.4, 0.5) is 158 Å². The van der Waals surface area contributed by atoms with E-state index >= 15 is 0 Å². The molecule has 0 atom stereocenters. The molecule has 0 bridgehead atoms. The first-order valence-electron chi connectivity index (χ1n) is 19.5. The van der Waals surface area contributed by atoms with Crippen LogP contribution in [-0.4, -0.2) is 123 Å². The third-order valence-corrected chi connectivity index (χ3v) is 16.1. The van der Waals surface area contributed by atoms with Gasteiger partial charge in [-0.2, -0.15) is 158 Å². The minimum atomic E-state index is -7.65. The molecule has 0 fully saturated rings. The van der Waals surface area contributed by atoms with Gasteiger partial charge in [0.05, 0.1) is 0 Å². The lowest BCUT2D eigenvalue weighted by Gasteiger charge is -2.34. The minimum Gasteiger partial charge on any atom is -0.311 e. The van der Waals surface area contributed by atoms with Gasteiger partial charge in [-0.05, 0) is 30.2 Å². The van der Waals surface area contributed by atoms with Crippen molar-refractivity contribution in [1.82, 2.24) is 21.4 Å². The first kappa shape index (κ1) is 71.0. The zero-order valence-corrected chi connectivity index (χ0v) is 41.6. The Labute approximate surface area is 440 Å². The number of fused-ring (bicyclic) bond motifs is 1. The van der Waals surface area contributed by atoms with Gasteiger partial charge in [0.1, 0.15) is 20.1 Å². The van der Waals surface area contributed by atoms with Crippen LogP contribution in [0.3, 0.4) is 0 Å². The van der Waals surface area contributed by atoms with Crippen molar-refractivity contribution in [3.05, 3.63) is 9.54 Å². The normalized spacial score (nSPS) is 16.4. The number of hydrogen-bond donors (Lipinski definition) is 0. The molecule has 3 rings (SSSR count). The Hall–Kier alpha value is -2.30. The Morgan fingerprint density at radius 2 is 0.544 bits per heavy atom. The van der Waals surface area contributed by atoms with Gasteiger partial charge in [0.15, 0.2) is 9.54 Å². The maximum absolute atomic E-state index is 14.9. The molecule has 2 aromatic heterocycles. The molecule has 1 aliphatic rings. The summed E-state index contributed by atoms with van der Waals surface area (Å²) in [6.07, 6.45) is -42.0. The molecule has 5 nitrogen and oxygen atoms in total. The standard InChI is InChI=1S/C32H21F36N5S6/c1-2-76-11-12(70(8-4-18(35,36)22(43,44)26(51,52)30(60,61)62)15(74)69(11)7-3-17(33,34)21(41,42)25(49,50)29(57,58)59)77-73-78-13-14(79-73)72(10-6-20(39,40)24(47,48)28(55,56)32(66,67)68)16(75)71(13)9-5-19(37,38)23(45,46)27(53,54)31(63,64)65/h2-10H2,1H3. The molecule has 3 heterocycles. The van der Waals surface area contributed by atoms with E-state index in [0.29, 0.717) is 0 Å². The Balaban J connectivity index is 2.35. The van der Waals surface area contributed by atoms with Crippen molar-refractivity contribution in [3.8, 4) is 0 Å². The van der Waals surface area contributed by atoms with Gasteiger partial charge >= 0.3 is 95.8 Å². The zero-order chi connectivity index (χ0) is 62.5. The summed E-state index contributed by atoms with van der Waals surface area (Å²) in [5, 5.41) is -4.87. The second kappa shape index (κ2) is 21.6. The van der Waals surface area contributed by atoms with Crippen LogP contribution < -0.4 is 0 Å². The van der Waals surface area contributed by atoms with Gasteiger partial charge < -0.3 is 18.3 Å². The highest BCUT2D eigenvalue weighted by molar-refractivity contribution is 8.27. The van der Waals surface area contributed by atoms with Crippen LogP contribution in [0.5, 0.6) is 0 Å². The van der Waals surface area contributed by atoms with Crippen LogP contribution in [0.15, 0.2) is 20.1 Å². The minimum absolute atomic E-state index is 0.0155. The molecule has 0 amide bonds. The van der Waals surface area contributed by atoms with Crippen molar-refractivity contribution < 1.29 is 158 Å². The lowest BCUT2D eigenvalue weighted by Crippen LogP contribution is -2.61. The number of nitrogens with zero attached hydrogens (tertiary/aromatic N) is 5. The van der Waals surface area contributed by atoms with Crippen LogP contribution in [0.25, 0.3) is 0 Å². The highest BCUT2D eigenvalue weighted by Gasteiger charge is 2.84. The molecular weight excluding hydrogens is 1330 g/mol. The van der Waals surface area contributed by atoms with E-state index < -0.39 is 195 Å². The second-order valence-corrected chi connectivity index (χ2v) is 21.2. The molecule has 0 N–H and O–H groups in total. The SMILES string of the molecule is CCSc1c(SN2Sc3c(n(CCC(F)(F)C(F)(F)C(F)(F)C(F)(F)F)c(=S)n3CCC(F)(F)C(F)(F)C(F)(F)C(F)(F)F)S2)n(CCC(F)(F)C(F)(F)C(F)(F)C(F)(F)F)c(=S)n1CCC(F)(F)C(F)(F)C(F)(F)C(F)(F)F. The highest BCUT2D eigenvalue weighted by atomic mass is 32.3. The number of thioether (sulfide) groups is 1. The summed E-state index contributed by atoms with van der Waals surface area (Å²) in [7, 11) is 0. The fraction of sp³-hybridized carbons (Fsp3) is 0.812. The molecular formula is C32H21F36N5S6. The van der Waals surface area contributed by atoms with Gasteiger partial charge in [-0.15, -0.1) is 14.9 Å². The summed E-state index contributed by atoms with van der Waals surface area (Å²) in [5.41, 5.74) is 0. The third kappa shape index (κ3) is 12.1. The monoisotopic (exact) mass is 1350 g/mol. The molecule has 0 aliphatic carbocycles. The average molecular weight is 1350 g/mol. The smallest absolute Gasteiger partial charge is 0.311 e. The van der Waals surface area contributed by atoms with Crippen LogP contribution in [-0.2, 0) is 26.2 Å². The zero-order valence-electron chi connectivity index (χ0n) is 36.7. The van der Waals surface area contributed by atoms with Crippen molar-refractivity contribution in [1.29, 1.82) is 0 Å². The number of aromatic nitrogens is 4. The number of imidazole rings is 2. The maximum Gasteiger partial charge on any atom is 0.460 e. The molecule has 0 radical (unpaired) electrons. The second-order valence-electron chi connectivity index (χ2n) is 15.7. The van der Waals surface area contributed by atoms with E-state index in [1.165, 1.54) is 0 Å². The van der Waals surface area contributed by atoms with Crippen LogP contribution in [0, 0.1) is 9.54 Å². The number of alkyl halides is 36. The summed E-state index contributed by atoms with van der Waals surface area (Å²) in [6.45, 7) is -7.89. The number of rotatable bonds is 24. The van der Waals surface area contributed by atoms with E-state index in [-0.39, 0.29) is 57.0 Å². The van der Waals surface area contributed by atoms with E-state index in [2.05, 4.69) is 0 Å². The van der Waals surface area contributed by atoms with Crippen molar-refractivity contribution in [3.63, 3.8) is 0 Å². The van der Waals surface area contributed by atoms with E-state index in [1.54, 1.807) is 0 Å². The predicted molar refractivity (Wildman–Crippen MR) is 204 cm³/mol. The molecule has 0 spiro atoms. The first-order chi connectivity index (χ1) is 34.6. The van der Waals surface area contributed by atoms with Gasteiger partial charge in [0, 0.05) is 87.7 Å². The quantitative estimate of drug-likeness (QED) is 0.0447. The Morgan fingerprint density at radius 1 is 0.329 bits per heavy atom. The summed E-state index contributed by atoms with van der Waals surface area (Å²) in [4.78, 5) is 0. The first-order valence-corrected chi connectivity index (χ1v) is 23.7. The topological polar surface area (TPSA) is 23.0 Å².